The Hall–Kier alpha value is -0.760. The van der Waals surface area contributed by atoms with E-state index in [9.17, 15) is 0 Å². The summed E-state index contributed by atoms with van der Waals surface area (Å²) in [6.45, 7) is 8.97. The number of nitrogens with one attached hydrogen (secondary N) is 2. The van der Waals surface area contributed by atoms with Gasteiger partial charge in [-0.2, -0.15) is 0 Å². The van der Waals surface area contributed by atoms with Crippen LogP contribution < -0.4 is 10.6 Å². The van der Waals surface area contributed by atoms with E-state index in [2.05, 4.69) is 36.4 Å². The Morgan fingerprint density at radius 1 is 1.43 bits per heavy atom. The molecule has 0 bridgehead atoms. The second kappa shape index (κ2) is 7.88. The van der Waals surface area contributed by atoms with Crippen molar-refractivity contribution in [2.24, 2.45) is 16.3 Å². The lowest BCUT2D eigenvalue weighted by molar-refractivity contribution is -0.188. The first-order chi connectivity index (χ1) is 10.6. The van der Waals surface area contributed by atoms with Gasteiger partial charge in [-0.1, -0.05) is 13.8 Å². The highest BCUT2D eigenvalue weighted by atomic mass is 127. The lowest BCUT2D eigenvalue weighted by Gasteiger charge is -2.60. The van der Waals surface area contributed by atoms with Gasteiger partial charge >= 0.3 is 0 Å². The summed E-state index contributed by atoms with van der Waals surface area (Å²) in [6, 6.07) is 4.25. The van der Waals surface area contributed by atoms with Crippen molar-refractivity contribution >= 4 is 29.9 Å². The van der Waals surface area contributed by atoms with Crippen LogP contribution in [-0.2, 0) is 11.3 Å². The zero-order valence-electron chi connectivity index (χ0n) is 14.2. The second-order valence-corrected chi connectivity index (χ2v) is 6.82. The molecule has 0 radical (unpaired) electrons. The molecule has 0 spiro atoms. The monoisotopic (exact) mass is 433 g/mol. The summed E-state index contributed by atoms with van der Waals surface area (Å²) in [5.41, 5.74) is 0.145. The standard InChI is InChI=1S/C17H27N3O2.HI/c1-4-18-16(19-11-12-7-5-9-21-12)20-14-13-8-6-10-22-15(13)17(14,2)3;/h5,7,9,13-15H,4,6,8,10-11H2,1-3H3,(H2,18,19,20);1H. The Balaban J connectivity index is 0.00000192. The number of aliphatic imine (C=N–C) groups is 1. The van der Waals surface area contributed by atoms with Crippen molar-refractivity contribution in [2.75, 3.05) is 13.2 Å². The van der Waals surface area contributed by atoms with Crippen LogP contribution in [0.4, 0.5) is 0 Å². The first-order valence-corrected chi connectivity index (χ1v) is 8.31. The Morgan fingerprint density at radius 3 is 2.96 bits per heavy atom. The molecule has 6 heteroatoms. The molecular formula is C17H28IN3O2. The van der Waals surface area contributed by atoms with E-state index in [1.54, 1.807) is 6.26 Å². The van der Waals surface area contributed by atoms with Gasteiger partial charge in [-0.05, 0) is 31.9 Å². The summed E-state index contributed by atoms with van der Waals surface area (Å²) in [7, 11) is 0. The zero-order valence-corrected chi connectivity index (χ0v) is 16.5. The minimum absolute atomic E-state index is 0. The zero-order chi connectivity index (χ0) is 15.6. The summed E-state index contributed by atoms with van der Waals surface area (Å²) < 4.78 is 11.3. The van der Waals surface area contributed by atoms with E-state index in [-0.39, 0.29) is 29.4 Å². The average Bonchev–Trinajstić information content (AvgIpc) is 3.03. The van der Waals surface area contributed by atoms with E-state index in [1.807, 2.05) is 12.1 Å². The number of rotatable bonds is 4. The van der Waals surface area contributed by atoms with Crippen molar-refractivity contribution in [3.8, 4) is 0 Å². The molecule has 2 fully saturated rings. The molecule has 2 N–H and O–H groups in total. The number of ether oxygens (including phenoxy) is 1. The van der Waals surface area contributed by atoms with Crippen LogP contribution in [0, 0.1) is 11.3 Å². The van der Waals surface area contributed by atoms with Gasteiger partial charge in [0.1, 0.15) is 12.3 Å². The van der Waals surface area contributed by atoms with Crippen LogP contribution in [0.15, 0.2) is 27.8 Å². The van der Waals surface area contributed by atoms with Gasteiger partial charge in [0.2, 0.25) is 0 Å². The van der Waals surface area contributed by atoms with Crippen LogP contribution in [0.3, 0.4) is 0 Å². The highest BCUT2D eigenvalue weighted by molar-refractivity contribution is 14.0. The highest BCUT2D eigenvalue weighted by Crippen LogP contribution is 2.51. The first-order valence-electron chi connectivity index (χ1n) is 8.31. The Bertz CT molecular complexity index is 516. The van der Waals surface area contributed by atoms with Crippen LogP contribution in [0.2, 0.25) is 0 Å². The molecule has 2 aliphatic rings. The Kier molecular flexibility index (Phi) is 6.36. The van der Waals surface area contributed by atoms with Crippen molar-refractivity contribution < 1.29 is 9.15 Å². The van der Waals surface area contributed by atoms with Crippen LogP contribution in [-0.4, -0.2) is 31.3 Å². The third-order valence-electron chi connectivity index (χ3n) is 4.94. The molecule has 1 saturated carbocycles. The number of guanidine groups is 1. The number of nitrogens with zero attached hydrogens (tertiary/aromatic N) is 1. The van der Waals surface area contributed by atoms with Gasteiger partial charge in [-0.15, -0.1) is 24.0 Å². The quantitative estimate of drug-likeness (QED) is 0.435. The number of fused-ring (bicyclic) bond motifs is 1. The molecule has 3 atom stereocenters. The van der Waals surface area contributed by atoms with Crippen molar-refractivity contribution in [2.45, 2.75) is 52.3 Å². The maximum atomic E-state index is 5.97. The van der Waals surface area contributed by atoms with Gasteiger partial charge in [0.05, 0.1) is 12.4 Å². The van der Waals surface area contributed by atoms with E-state index in [4.69, 9.17) is 9.15 Å². The van der Waals surface area contributed by atoms with Crippen molar-refractivity contribution in [1.82, 2.24) is 10.6 Å². The summed E-state index contributed by atoms with van der Waals surface area (Å²) in [4.78, 5) is 4.64. The van der Waals surface area contributed by atoms with Crippen LogP contribution in [0.25, 0.3) is 0 Å². The van der Waals surface area contributed by atoms with Crippen molar-refractivity contribution in [3.63, 3.8) is 0 Å². The number of hydrogen-bond acceptors (Lipinski definition) is 3. The highest BCUT2D eigenvalue weighted by Gasteiger charge is 2.58. The van der Waals surface area contributed by atoms with E-state index in [1.165, 1.54) is 6.42 Å². The Labute approximate surface area is 155 Å². The third kappa shape index (κ3) is 3.84. The number of furan rings is 1. The molecule has 1 saturated heterocycles. The molecule has 0 amide bonds. The van der Waals surface area contributed by atoms with E-state index in [0.717, 1.165) is 31.3 Å². The summed E-state index contributed by atoms with van der Waals surface area (Å²) >= 11 is 0. The lowest BCUT2D eigenvalue weighted by Crippen LogP contribution is -2.71. The van der Waals surface area contributed by atoms with Gasteiger partial charge < -0.3 is 19.8 Å². The largest absolute Gasteiger partial charge is 0.467 e. The molecule has 1 aliphatic heterocycles. The van der Waals surface area contributed by atoms with Gasteiger partial charge in [0.25, 0.3) is 0 Å². The van der Waals surface area contributed by atoms with Crippen molar-refractivity contribution in [3.05, 3.63) is 24.2 Å². The molecule has 5 nitrogen and oxygen atoms in total. The molecule has 3 unspecified atom stereocenters. The maximum absolute atomic E-state index is 5.97. The fourth-order valence-corrected chi connectivity index (χ4v) is 3.84. The average molecular weight is 433 g/mol. The summed E-state index contributed by atoms with van der Waals surface area (Å²) in [6.07, 6.45) is 4.47. The molecular weight excluding hydrogens is 405 g/mol. The van der Waals surface area contributed by atoms with Crippen LogP contribution in [0.5, 0.6) is 0 Å². The van der Waals surface area contributed by atoms with Crippen molar-refractivity contribution in [1.29, 1.82) is 0 Å². The van der Waals surface area contributed by atoms with Crippen LogP contribution in [0.1, 0.15) is 39.4 Å². The van der Waals surface area contributed by atoms with E-state index >= 15 is 0 Å². The van der Waals surface area contributed by atoms with E-state index in [0.29, 0.717) is 24.6 Å². The predicted octanol–water partition coefficient (Wildman–Crippen LogP) is 3.16. The molecule has 130 valence electrons. The van der Waals surface area contributed by atoms with E-state index < -0.39 is 0 Å². The third-order valence-corrected chi connectivity index (χ3v) is 4.94. The predicted molar refractivity (Wildman–Crippen MR) is 102 cm³/mol. The normalized spacial score (nSPS) is 29.0. The summed E-state index contributed by atoms with van der Waals surface area (Å²) in [5.74, 6) is 2.33. The molecule has 2 heterocycles. The maximum Gasteiger partial charge on any atom is 0.191 e. The molecule has 1 aromatic heterocycles. The van der Waals surface area contributed by atoms with Gasteiger partial charge in [0.15, 0.2) is 5.96 Å². The fourth-order valence-electron chi connectivity index (χ4n) is 3.84. The number of hydrogen-bond donors (Lipinski definition) is 2. The molecule has 3 rings (SSSR count). The second-order valence-electron chi connectivity index (χ2n) is 6.82. The molecule has 1 aliphatic carbocycles. The SMILES string of the molecule is CCNC(=NCc1ccco1)NC1C2CCCOC2C1(C)C.I. The minimum Gasteiger partial charge on any atom is -0.467 e. The topological polar surface area (TPSA) is 58.8 Å². The number of halogens is 1. The van der Waals surface area contributed by atoms with Crippen LogP contribution >= 0.6 is 24.0 Å². The Morgan fingerprint density at radius 2 is 2.26 bits per heavy atom. The first kappa shape index (κ1) is 18.6. The lowest BCUT2D eigenvalue weighted by atomic mass is 9.55. The molecule has 23 heavy (non-hydrogen) atoms. The van der Waals surface area contributed by atoms with Gasteiger partial charge in [0, 0.05) is 30.5 Å². The summed E-state index contributed by atoms with van der Waals surface area (Å²) in [5, 5.41) is 6.96. The fraction of sp³-hybridized carbons (Fsp3) is 0.706. The molecule has 1 aromatic rings. The smallest absolute Gasteiger partial charge is 0.191 e. The molecule has 0 aromatic carbocycles. The van der Waals surface area contributed by atoms with Gasteiger partial charge in [-0.25, -0.2) is 4.99 Å². The van der Waals surface area contributed by atoms with Gasteiger partial charge in [-0.3, -0.25) is 0 Å². The minimum atomic E-state index is 0.